The van der Waals surface area contributed by atoms with Crippen molar-refractivity contribution in [2.75, 3.05) is 13.1 Å². The Morgan fingerprint density at radius 3 is 2.09 bits per heavy atom. The first-order valence-electron chi connectivity index (χ1n) is 16.5. The number of benzene rings is 2. The van der Waals surface area contributed by atoms with Crippen LogP contribution in [-0.4, -0.2) is 71.8 Å². The lowest BCUT2D eigenvalue weighted by Gasteiger charge is -2.47. The normalized spacial score (nSPS) is 22.6. The van der Waals surface area contributed by atoms with Gasteiger partial charge in [-0.15, -0.1) is 0 Å². The first kappa shape index (κ1) is 35.1. The second-order valence-corrected chi connectivity index (χ2v) is 17.5. The van der Waals surface area contributed by atoms with Crippen LogP contribution in [0.5, 0.6) is 0 Å². The first-order chi connectivity index (χ1) is 21.1. The topological polar surface area (TPSA) is 116 Å². The maximum absolute atomic E-state index is 13.5. The Morgan fingerprint density at radius 2 is 1.49 bits per heavy atom. The molecule has 1 saturated heterocycles. The third-order valence-corrected chi connectivity index (χ3v) is 12.0. The number of nitrogens with one attached hydrogen (secondary N) is 2. The molecule has 1 aliphatic carbocycles. The quantitative estimate of drug-likeness (QED) is 0.311. The molecule has 4 rings (SSSR count). The van der Waals surface area contributed by atoms with Crippen molar-refractivity contribution in [3.05, 3.63) is 71.8 Å². The van der Waals surface area contributed by atoms with E-state index >= 15 is 0 Å². The molecule has 0 radical (unpaired) electrons. The van der Waals surface area contributed by atoms with Gasteiger partial charge in [-0.1, -0.05) is 79.9 Å². The lowest BCUT2D eigenvalue weighted by Crippen LogP contribution is -2.60. The Bertz CT molecular complexity index is 1370. The number of nitrogens with zero attached hydrogens (tertiary/aromatic N) is 1. The Labute approximate surface area is 270 Å². The van der Waals surface area contributed by atoms with E-state index in [4.69, 9.17) is 0 Å². The fourth-order valence-corrected chi connectivity index (χ4v) is 8.26. The number of hydrogen-bond acceptors (Lipinski definition) is 6. The van der Waals surface area contributed by atoms with Crippen molar-refractivity contribution in [3.8, 4) is 0 Å². The number of β-amino-alcohol motifs (C(OH)–C–C–N with tert-alkyl or cyclic N) is 1. The minimum Gasteiger partial charge on any atom is -0.390 e. The second-order valence-electron chi connectivity index (χ2n) is 14.9. The number of carbonyl (C=O) groups excluding carboxylic acids is 2. The molecule has 45 heavy (non-hydrogen) atoms. The molecule has 2 aromatic carbocycles. The Balaban J connectivity index is 1.51. The molecule has 8 nitrogen and oxygen atoms in total. The highest BCUT2D eigenvalue weighted by Crippen LogP contribution is 2.39. The fraction of sp³-hybridized carbons (Fsp3) is 0.611. The zero-order valence-corrected chi connectivity index (χ0v) is 28.5. The molecule has 248 valence electrons. The van der Waals surface area contributed by atoms with Crippen LogP contribution in [-0.2, 0) is 31.6 Å². The highest BCUT2D eigenvalue weighted by atomic mass is 32.2. The van der Waals surface area contributed by atoms with Gasteiger partial charge in [-0.3, -0.25) is 14.5 Å². The Kier molecular flexibility index (Phi) is 11.5. The monoisotopic (exact) mass is 639 g/mol. The standard InChI is InChI=1S/C36H53N3O5S/c1-35(2,3)38-34(42)31-21-28-18-12-13-19-29(28)23-39(31)24-32(40)30(20-26-14-8-6-9-15-26)37-33(41)22-36(4,5)45(43,44)25-27-16-10-7-11-17-27/h6-11,14-17,28-32,40H,12-13,18-25H2,1-5H3,(H,37,41)(H,38,42)/t28-,29?,30-,31-,32+/m0/s1. The van der Waals surface area contributed by atoms with Gasteiger partial charge in [0.2, 0.25) is 11.8 Å². The van der Waals surface area contributed by atoms with E-state index in [2.05, 4.69) is 15.5 Å². The average Bonchev–Trinajstić information content (AvgIpc) is 2.96. The molecule has 1 saturated carbocycles. The van der Waals surface area contributed by atoms with Crippen LogP contribution in [0, 0.1) is 11.8 Å². The van der Waals surface area contributed by atoms with Gasteiger partial charge in [0.25, 0.3) is 0 Å². The summed E-state index contributed by atoms with van der Waals surface area (Å²) in [5.41, 5.74) is 1.25. The van der Waals surface area contributed by atoms with Crippen LogP contribution >= 0.6 is 0 Å². The van der Waals surface area contributed by atoms with Gasteiger partial charge in [0, 0.05) is 25.0 Å². The molecule has 1 heterocycles. The van der Waals surface area contributed by atoms with Gasteiger partial charge in [-0.05, 0) is 76.8 Å². The highest BCUT2D eigenvalue weighted by molar-refractivity contribution is 7.92. The Hall–Kier alpha value is -2.75. The van der Waals surface area contributed by atoms with Crippen LogP contribution in [0.25, 0.3) is 0 Å². The first-order valence-corrected chi connectivity index (χ1v) is 18.1. The highest BCUT2D eigenvalue weighted by Gasteiger charge is 2.42. The smallest absolute Gasteiger partial charge is 0.237 e. The lowest BCUT2D eigenvalue weighted by molar-refractivity contribution is -0.133. The van der Waals surface area contributed by atoms with Crippen molar-refractivity contribution >= 4 is 21.7 Å². The largest absolute Gasteiger partial charge is 0.390 e. The van der Waals surface area contributed by atoms with Crippen LogP contribution in [0.3, 0.4) is 0 Å². The number of piperidine rings is 1. The molecule has 1 unspecified atom stereocenters. The van der Waals surface area contributed by atoms with E-state index in [-0.39, 0.29) is 36.2 Å². The summed E-state index contributed by atoms with van der Waals surface area (Å²) in [5, 5.41) is 17.9. The average molecular weight is 640 g/mol. The van der Waals surface area contributed by atoms with Crippen molar-refractivity contribution in [1.29, 1.82) is 0 Å². The molecule has 1 aliphatic heterocycles. The second kappa shape index (κ2) is 14.8. The maximum atomic E-state index is 13.5. The molecule has 0 bridgehead atoms. The molecular weight excluding hydrogens is 586 g/mol. The van der Waals surface area contributed by atoms with Gasteiger partial charge in [-0.25, -0.2) is 8.42 Å². The number of carbonyl (C=O) groups is 2. The van der Waals surface area contributed by atoms with E-state index in [0.29, 0.717) is 23.8 Å². The molecule has 0 spiro atoms. The summed E-state index contributed by atoms with van der Waals surface area (Å²) in [6.45, 7) is 10.1. The lowest BCUT2D eigenvalue weighted by atomic mass is 9.72. The van der Waals surface area contributed by atoms with Crippen molar-refractivity contribution in [1.82, 2.24) is 15.5 Å². The molecule has 2 aromatic rings. The molecule has 0 aromatic heterocycles. The van der Waals surface area contributed by atoms with Crippen molar-refractivity contribution in [3.63, 3.8) is 0 Å². The third kappa shape index (κ3) is 9.87. The number of likely N-dealkylation sites (tertiary alicyclic amines) is 1. The number of fused-ring (bicyclic) bond motifs is 1. The molecule has 3 N–H and O–H groups in total. The molecule has 5 atom stereocenters. The van der Waals surface area contributed by atoms with Gasteiger partial charge >= 0.3 is 0 Å². The maximum Gasteiger partial charge on any atom is 0.237 e. The van der Waals surface area contributed by atoms with Crippen molar-refractivity contribution in [2.24, 2.45) is 11.8 Å². The number of hydrogen-bond donors (Lipinski definition) is 3. The van der Waals surface area contributed by atoms with E-state index in [9.17, 15) is 23.1 Å². The van der Waals surface area contributed by atoms with Crippen LogP contribution in [0.4, 0.5) is 0 Å². The van der Waals surface area contributed by atoms with Gasteiger partial charge in [0.05, 0.1) is 28.7 Å². The van der Waals surface area contributed by atoms with Crippen LogP contribution in [0.15, 0.2) is 60.7 Å². The minimum atomic E-state index is -3.66. The molecule has 9 heteroatoms. The van der Waals surface area contributed by atoms with Crippen molar-refractivity contribution in [2.45, 2.75) is 114 Å². The Morgan fingerprint density at radius 1 is 0.911 bits per heavy atom. The number of aliphatic hydroxyl groups excluding tert-OH is 1. The van der Waals surface area contributed by atoms with Gasteiger partial charge in [-0.2, -0.15) is 0 Å². The van der Waals surface area contributed by atoms with Crippen molar-refractivity contribution < 1.29 is 23.1 Å². The summed E-state index contributed by atoms with van der Waals surface area (Å²) >= 11 is 0. The third-order valence-electron chi connectivity index (χ3n) is 9.46. The van der Waals surface area contributed by atoms with E-state index in [1.807, 2.05) is 57.2 Å². The number of amides is 2. The van der Waals surface area contributed by atoms with E-state index in [1.165, 1.54) is 12.8 Å². The number of rotatable bonds is 12. The summed E-state index contributed by atoms with van der Waals surface area (Å²) in [5.74, 6) is 0.391. The zero-order chi connectivity index (χ0) is 32.8. The summed E-state index contributed by atoms with van der Waals surface area (Å²) in [6, 6.07) is 17.6. The SMILES string of the molecule is CC(C)(C)NC(=O)[C@@H]1C[C@@H]2CCCCC2CN1C[C@@H](O)[C@H](Cc1ccccc1)NC(=O)CC(C)(C)S(=O)(=O)Cc1ccccc1. The van der Waals surface area contributed by atoms with Crippen LogP contribution in [0.2, 0.25) is 0 Å². The fourth-order valence-electron chi connectivity index (χ4n) is 6.89. The predicted octanol–water partition coefficient (Wildman–Crippen LogP) is 4.65. The summed E-state index contributed by atoms with van der Waals surface area (Å²) in [4.78, 5) is 29.2. The van der Waals surface area contributed by atoms with Gasteiger partial charge in [0.1, 0.15) is 0 Å². The zero-order valence-electron chi connectivity index (χ0n) is 27.7. The van der Waals surface area contributed by atoms with E-state index in [0.717, 1.165) is 31.4 Å². The molecule has 2 amide bonds. The summed E-state index contributed by atoms with van der Waals surface area (Å²) < 4.78 is 25.4. The van der Waals surface area contributed by atoms with Crippen LogP contribution < -0.4 is 10.6 Å². The number of sulfone groups is 1. The number of aliphatic hydroxyl groups is 1. The van der Waals surface area contributed by atoms with Gasteiger partial charge < -0.3 is 15.7 Å². The van der Waals surface area contributed by atoms with E-state index in [1.54, 1.807) is 38.1 Å². The molecular formula is C36H53N3O5S. The minimum absolute atomic E-state index is 0.0206. The van der Waals surface area contributed by atoms with Crippen LogP contribution in [0.1, 0.15) is 84.3 Å². The molecule has 2 aliphatic rings. The van der Waals surface area contributed by atoms with E-state index < -0.39 is 32.6 Å². The molecule has 2 fully saturated rings. The predicted molar refractivity (Wildman–Crippen MR) is 179 cm³/mol. The van der Waals surface area contributed by atoms with Gasteiger partial charge in [0.15, 0.2) is 9.84 Å². The summed E-state index contributed by atoms with van der Waals surface area (Å²) in [7, 11) is -3.66. The summed E-state index contributed by atoms with van der Waals surface area (Å²) in [6.07, 6.45) is 4.59.